The minimum Gasteiger partial charge on any atom is -0.475 e. The average molecular weight is 317 g/mol. The van der Waals surface area contributed by atoms with E-state index in [-0.39, 0.29) is 4.90 Å². The van der Waals surface area contributed by atoms with Gasteiger partial charge in [-0.2, -0.15) is 13.2 Å². The lowest BCUT2D eigenvalue weighted by Crippen LogP contribution is -2.21. The fraction of sp³-hybridized carbons (Fsp3) is 0.222. The topological polar surface area (TPSA) is 97.5 Å². The molecule has 0 aliphatic carbocycles. The first kappa shape index (κ1) is 17.7. The Hall–Kier alpha value is -1.26. The molecule has 0 amide bonds. The monoisotopic (exact) mass is 317 g/mol. The minimum absolute atomic E-state index is 0.192. The molecular formula is C9H10F3NO4S2. The molecule has 0 aliphatic heterocycles. The maximum absolute atomic E-state index is 11.0. The van der Waals surface area contributed by atoms with Crippen molar-refractivity contribution in [2.75, 3.05) is 6.26 Å². The van der Waals surface area contributed by atoms with Crippen molar-refractivity contribution in [2.45, 2.75) is 16.0 Å². The Labute approximate surface area is 111 Å². The number of alkyl halides is 3. The van der Waals surface area contributed by atoms with Crippen LogP contribution in [0.4, 0.5) is 13.2 Å². The third-order valence-corrected chi connectivity index (χ3v) is 3.51. The van der Waals surface area contributed by atoms with Crippen molar-refractivity contribution in [1.82, 2.24) is 0 Å². The van der Waals surface area contributed by atoms with Gasteiger partial charge in [-0.3, -0.25) is 0 Å². The lowest BCUT2D eigenvalue weighted by molar-refractivity contribution is -0.192. The summed E-state index contributed by atoms with van der Waals surface area (Å²) >= 11 is 1.36. The van der Waals surface area contributed by atoms with Gasteiger partial charge in [-0.25, -0.2) is 18.4 Å². The van der Waals surface area contributed by atoms with Gasteiger partial charge in [0.1, 0.15) is 0 Å². The van der Waals surface area contributed by atoms with Crippen molar-refractivity contribution in [3.8, 4) is 0 Å². The first-order chi connectivity index (χ1) is 8.50. The van der Waals surface area contributed by atoms with E-state index in [0.717, 1.165) is 0 Å². The van der Waals surface area contributed by atoms with E-state index >= 15 is 0 Å². The predicted molar refractivity (Wildman–Crippen MR) is 63.3 cm³/mol. The third kappa shape index (κ3) is 6.45. The number of carbonyl (C=O) groups is 1. The Morgan fingerprint density at radius 1 is 1.32 bits per heavy atom. The number of hydrogen-bond donors (Lipinski definition) is 2. The summed E-state index contributed by atoms with van der Waals surface area (Å²) in [4.78, 5) is 9.77. The summed E-state index contributed by atoms with van der Waals surface area (Å²) in [6.07, 6.45) is -3.27. The molecule has 0 aliphatic rings. The molecular weight excluding hydrogens is 307 g/mol. The highest BCUT2D eigenvalue weighted by Gasteiger charge is 2.38. The predicted octanol–water partition coefficient (Wildman–Crippen LogP) is 1.69. The molecule has 1 aromatic carbocycles. The zero-order valence-corrected chi connectivity index (χ0v) is 11.1. The molecule has 1 aromatic rings. The van der Waals surface area contributed by atoms with Crippen molar-refractivity contribution in [2.24, 2.45) is 5.14 Å². The number of benzene rings is 1. The van der Waals surface area contributed by atoms with Gasteiger partial charge < -0.3 is 5.11 Å². The molecule has 0 unspecified atom stereocenters. The van der Waals surface area contributed by atoms with E-state index in [4.69, 9.17) is 15.0 Å². The van der Waals surface area contributed by atoms with E-state index in [1.54, 1.807) is 18.2 Å². The van der Waals surface area contributed by atoms with Gasteiger partial charge in [-0.05, 0) is 18.4 Å². The van der Waals surface area contributed by atoms with Gasteiger partial charge in [-0.15, -0.1) is 11.8 Å². The van der Waals surface area contributed by atoms with Crippen LogP contribution in [0.15, 0.2) is 34.1 Å². The number of carboxylic acid groups (broad SMARTS) is 1. The highest BCUT2D eigenvalue weighted by atomic mass is 32.2. The number of thioether (sulfide) groups is 1. The van der Waals surface area contributed by atoms with Gasteiger partial charge in [0.15, 0.2) is 0 Å². The second kappa shape index (κ2) is 6.78. The van der Waals surface area contributed by atoms with E-state index in [2.05, 4.69) is 0 Å². The SMILES string of the molecule is CSc1ccccc1S(N)(=O)=O.O=C(O)C(F)(F)F. The van der Waals surface area contributed by atoms with E-state index in [1.165, 1.54) is 17.8 Å². The van der Waals surface area contributed by atoms with Gasteiger partial charge in [0.05, 0.1) is 4.90 Å². The molecule has 0 fully saturated rings. The van der Waals surface area contributed by atoms with Crippen LogP contribution >= 0.6 is 11.8 Å². The summed E-state index contributed by atoms with van der Waals surface area (Å²) in [6.45, 7) is 0. The molecule has 0 aromatic heterocycles. The molecule has 19 heavy (non-hydrogen) atoms. The number of carboxylic acids is 1. The van der Waals surface area contributed by atoms with Crippen molar-refractivity contribution in [3.05, 3.63) is 24.3 Å². The summed E-state index contributed by atoms with van der Waals surface area (Å²) < 4.78 is 53.7. The lowest BCUT2D eigenvalue weighted by Gasteiger charge is -2.02. The van der Waals surface area contributed by atoms with Crippen molar-refractivity contribution in [3.63, 3.8) is 0 Å². The normalized spacial score (nSPS) is 11.4. The molecule has 0 bridgehead atoms. The molecule has 3 N–H and O–H groups in total. The lowest BCUT2D eigenvalue weighted by atomic mass is 10.4. The molecule has 10 heteroatoms. The van der Waals surface area contributed by atoms with Crippen LogP contribution in [0.3, 0.4) is 0 Å². The van der Waals surface area contributed by atoms with Crippen LogP contribution in [0.5, 0.6) is 0 Å². The quantitative estimate of drug-likeness (QED) is 0.809. The summed E-state index contributed by atoms with van der Waals surface area (Å²) in [6, 6.07) is 6.66. The molecule has 0 saturated heterocycles. The molecule has 0 radical (unpaired) electrons. The highest BCUT2D eigenvalue weighted by Crippen LogP contribution is 2.22. The van der Waals surface area contributed by atoms with E-state index in [0.29, 0.717) is 4.90 Å². The average Bonchev–Trinajstić information content (AvgIpc) is 2.27. The van der Waals surface area contributed by atoms with E-state index < -0.39 is 22.2 Å². The first-order valence-electron chi connectivity index (χ1n) is 4.46. The molecule has 0 atom stereocenters. The third-order valence-electron chi connectivity index (χ3n) is 1.62. The molecule has 0 saturated carbocycles. The fourth-order valence-corrected chi connectivity index (χ4v) is 2.55. The highest BCUT2D eigenvalue weighted by molar-refractivity contribution is 7.99. The molecule has 108 valence electrons. The second-order valence-corrected chi connectivity index (χ2v) is 5.38. The summed E-state index contributed by atoms with van der Waals surface area (Å²) in [5.41, 5.74) is 0. The number of halogens is 3. The van der Waals surface area contributed by atoms with Gasteiger partial charge in [-0.1, -0.05) is 12.1 Å². The van der Waals surface area contributed by atoms with Gasteiger partial charge in [0.25, 0.3) is 0 Å². The number of primary sulfonamides is 1. The van der Waals surface area contributed by atoms with Crippen molar-refractivity contribution in [1.29, 1.82) is 0 Å². The molecule has 0 heterocycles. The summed E-state index contributed by atoms with van der Waals surface area (Å²) in [5.74, 6) is -2.76. The minimum atomic E-state index is -5.08. The molecule has 0 spiro atoms. The zero-order valence-electron chi connectivity index (χ0n) is 9.51. The van der Waals surface area contributed by atoms with Crippen LogP contribution in [0.2, 0.25) is 0 Å². The van der Waals surface area contributed by atoms with Crippen LogP contribution in [0, 0.1) is 0 Å². The van der Waals surface area contributed by atoms with Gasteiger partial charge >= 0.3 is 12.1 Å². The second-order valence-electron chi connectivity index (χ2n) is 3.00. The van der Waals surface area contributed by atoms with Gasteiger partial charge in [0, 0.05) is 4.90 Å². The Kier molecular flexibility index (Phi) is 6.33. The van der Waals surface area contributed by atoms with Crippen LogP contribution in [0.25, 0.3) is 0 Å². The maximum Gasteiger partial charge on any atom is 0.490 e. The standard InChI is InChI=1S/C7H9NO2S2.C2HF3O2/c1-11-6-4-2-3-5-7(6)12(8,9)10;3-2(4,5)1(6)7/h2-5H,1H3,(H2,8,9,10);(H,6,7). The summed E-state index contributed by atoms with van der Waals surface area (Å²) in [7, 11) is -3.57. The zero-order chi connectivity index (χ0) is 15.3. The molecule has 1 rings (SSSR count). The van der Waals surface area contributed by atoms with Crippen LogP contribution in [0.1, 0.15) is 0 Å². The molecule has 5 nitrogen and oxygen atoms in total. The number of aliphatic carboxylic acids is 1. The Morgan fingerprint density at radius 2 is 1.74 bits per heavy atom. The number of rotatable bonds is 2. The van der Waals surface area contributed by atoms with Crippen molar-refractivity contribution >= 4 is 27.8 Å². The Morgan fingerprint density at radius 3 is 2.00 bits per heavy atom. The van der Waals surface area contributed by atoms with Crippen LogP contribution in [-0.4, -0.2) is 31.9 Å². The maximum atomic E-state index is 11.0. The van der Waals surface area contributed by atoms with E-state index in [1.807, 2.05) is 6.26 Å². The van der Waals surface area contributed by atoms with Crippen molar-refractivity contribution < 1.29 is 31.5 Å². The number of nitrogens with two attached hydrogens (primary N) is 1. The fourth-order valence-electron chi connectivity index (χ4n) is 0.854. The van der Waals surface area contributed by atoms with Crippen LogP contribution in [-0.2, 0) is 14.8 Å². The Balaban J connectivity index is 0.000000399. The number of sulfonamides is 1. The van der Waals surface area contributed by atoms with E-state index in [9.17, 15) is 21.6 Å². The first-order valence-corrected chi connectivity index (χ1v) is 7.23. The van der Waals surface area contributed by atoms with Gasteiger partial charge in [0.2, 0.25) is 10.0 Å². The number of hydrogen-bond acceptors (Lipinski definition) is 4. The van der Waals surface area contributed by atoms with Crippen LogP contribution < -0.4 is 5.14 Å². The largest absolute Gasteiger partial charge is 0.490 e. The smallest absolute Gasteiger partial charge is 0.475 e. The Bertz CT molecular complexity index is 543. The summed E-state index contributed by atoms with van der Waals surface area (Å²) in [5, 5.41) is 12.1.